The summed E-state index contributed by atoms with van der Waals surface area (Å²) in [6, 6.07) is 18.1. The van der Waals surface area contributed by atoms with Crippen molar-refractivity contribution in [3.8, 4) is 34.4 Å². The van der Waals surface area contributed by atoms with Gasteiger partial charge in [0, 0.05) is 22.6 Å². The summed E-state index contributed by atoms with van der Waals surface area (Å²) in [5.74, 6) is 3.30. The van der Waals surface area contributed by atoms with Gasteiger partial charge in [-0.15, -0.1) is 0 Å². The Balaban J connectivity index is 1.87. The Morgan fingerprint density at radius 1 is 0.914 bits per heavy atom. The van der Waals surface area contributed by atoms with Crippen LogP contribution in [0.3, 0.4) is 0 Å². The van der Waals surface area contributed by atoms with Gasteiger partial charge >= 0.3 is 0 Å². The summed E-state index contributed by atoms with van der Waals surface area (Å²) in [6.45, 7) is 2.06. The number of ether oxygens (including phenoxy) is 4. The van der Waals surface area contributed by atoms with Crippen molar-refractivity contribution in [2.24, 2.45) is 0 Å². The predicted octanol–water partition coefficient (Wildman–Crippen LogP) is 5.48. The van der Waals surface area contributed by atoms with Crippen molar-refractivity contribution in [1.29, 1.82) is 0 Å². The molecule has 184 valence electrons. The molecule has 0 unspecified atom stereocenters. The minimum atomic E-state index is 0.545. The van der Waals surface area contributed by atoms with Gasteiger partial charge in [0.05, 0.1) is 38.9 Å². The van der Waals surface area contributed by atoms with Crippen LogP contribution >= 0.6 is 15.9 Å². The monoisotopic (exact) mass is 539 g/mol. The van der Waals surface area contributed by atoms with E-state index in [1.54, 1.807) is 21.3 Å². The second-order valence-corrected chi connectivity index (χ2v) is 9.18. The molecule has 0 aliphatic rings. The summed E-state index contributed by atoms with van der Waals surface area (Å²) < 4.78 is 26.0. The Bertz CT molecular complexity index is 1290. The van der Waals surface area contributed by atoms with Gasteiger partial charge in [-0.1, -0.05) is 34.1 Å². The molecule has 4 aromatic rings. The quantitative estimate of drug-likeness (QED) is 0.266. The van der Waals surface area contributed by atoms with Crippen molar-refractivity contribution in [3.05, 3.63) is 64.6 Å². The Morgan fingerprint density at radius 3 is 2.26 bits per heavy atom. The van der Waals surface area contributed by atoms with E-state index in [4.69, 9.17) is 23.9 Å². The molecule has 0 bridgehead atoms. The molecule has 0 N–H and O–H groups in total. The summed E-state index contributed by atoms with van der Waals surface area (Å²) in [4.78, 5) is 7.09. The minimum Gasteiger partial charge on any atom is -0.493 e. The maximum absolute atomic E-state index is 6.02. The zero-order chi connectivity index (χ0) is 24.9. The summed E-state index contributed by atoms with van der Waals surface area (Å²) in [5, 5.41) is 0. The number of aromatic nitrogens is 2. The van der Waals surface area contributed by atoms with Crippen molar-refractivity contribution in [1.82, 2.24) is 14.5 Å². The molecular formula is C27H30BrN3O4. The lowest BCUT2D eigenvalue weighted by atomic mass is 10.1. The van der Waals surface area contributed by atoms with Gasteiger partial charge in [0.25, 0.3) is 0 Å². The van der Waals surface area contributed by atoms with Crippen LogP contribution in [-0.2, 0) is 6.54 Å². The number of hydrogen-bond acceptors (Lipinski definition) is 6. The van der Waals surface area contributed by atoms with Crippen molar-refractivity contribution < 1.29 is 18.9 Å². The van der Waals surface area contributed by atoms with E-state index in [0.29, 0.717) is 30.4 Å². The normalized spacial score (nSPS) is 11.2. The van der Waals surface area contributed by atoms with Gasteiger partial charge in [-0.05, 0) is 50.0 Å². The van der Waals surface area contributed by atoms with Crippen LogP contribution in [0.25, 0.3) is 22.4 Å². The lowest BCUT2D eigenvalue weighted by Crippen LogP contribution is -2.19. The molecule has 8 heteroatoms. The van der Waals surface area contributed by atoms with Crippen molar-refractivity contribution >= 4 is 27.0 Å². The molecule has 0 saturated carbocycles. The fourth-order valence-corrected chi connectivity index (χ4v) is 4.34. The third kappa shape index (κ3) is 5.39. The van der Waals surface area contributed by atoms with Crippen LogP contribution in [0.1, 0.15) is 5.56 Å². The fraction of sp³-hybridized carbons (Fsp3) is 0.296. The Kier molecular flexibility index (Phi) is 7.83. The van der Waals surface area contributed by atoms with Crippen LogP contribution in [0.4, 0.5) is 0 Å². The summed E-state index contributed by atoms with van der Waals surface area (Å²) >= 11 is 3.69. The number of rotatable bonds is 10. The van der Waals surface area contributed by atoms with E-state index in [0.717, 1.165) is 44.8 Å². The zero-order valence-electron chi connectivity index (χ0n) is 20.7. The molecule has 3 aromatic carbocycles. The van der Waals surface area contributed by atoms with Crippen LogP contribution in [0.2, 0.25) is 0 Å². The van der Waals surface area contributed by atoms with Gasteiger partial charge < -0.3 is 28.4 Å². The largest absolute Gasteiger partial charge is 0.493 e. The van der Waals surface area contributed by atoms with E-state index in [-0.39, 0.29) is 0 Å². The molecule has 0 fully saturated rings. The van der Waals surface area contributed by atoms with Gasteiger partial charge in [0.1, 0.15) is 18.2 Å². The van der Waals surface area contributed by atoms with E-state index in [2.05, 4.69) is 37.5 Å². The lowest BCUT2D eigenvalue weighted by molar-refractivity contribution is 0.261. The van der Waals surface area contributed by atoms with Crippen molar-refractivity contribution in [3.63, 3.8) is 0 Å². The zero-order valence-corrected chi connectivity index (χ0v) is 22.3. The topological polar surface area (TPSA) is 58.0 Å². The number of imidazole rings is 1. The maximum atomic E-state index is 6.02. The standard InChI is InChI=1S/C27H30BrN3O4/c1-30(2)12-13-35-20-10-11-22-23(16-20)31(17-18-8-6-7-9-21(18)28)27(29-22)19-14-24(32-3)26(34-5)25(15-19)33-4/h6-11,14-16H,12-13,17H2,1-5H3. The van der Waals surface area contributed by atoms with Crippen molar-refractivity contribution in [2.45, 2.75) is 6.54 Å². The Hall–Kier alpha value is -3.23. The molecule has 1 aromatic heterocycles. The van der Waals surface area contributed by atoms with Crippen molar-refractivity contribution in [2.75, 3.05) is 48.6 Å². The average molecular weight is 540 g/mol. The number of hydrogen-bond donors (Lipinski definition) is 0. The summed E-state index contributed by atoms with van der Waals surface area (Å²) in [6.07, 6.45) is 0. The first-order valence-electron chi connectivity index (χ1n) is 11.3. The van der Waals surface area contributed by atoms with E-state index in [1.165, 1.54) is 0 Å². The highest BCUT2D eigenvalue weighted by atomic mass is 79.9. The van der Waals surface area contributed by atoms with Crippen LogP contribution in [-0.4, -0.2) is 63.0 Å². The van der Waals surface area contributed by atoms with E-state index in [9.17, 15) is 0 Å². The first kappa shape index (κ1) is 24.9. The Morgan fingerprint density at radius 2 is 1.63 bits per heavy atom. The molecular weight excluding hydrogens is 510 g/mol. The summed E-state index contributed by atoms with van der Waals surface area (Å²) in [7, 11) is 8.89. The number of nitrogens with zero attached hydrogens (tertiary/aromatic N) is 3. The molecule has 0 aliphatic carbocycles. The third-order valence-electron chi connectivity index (χ3n) is 5.74. The number of methoxy groups -OCH3 is 3. The third-order valence-corrected chi connectivity index (χ3v) is 6.51. The van der Waals surface area contributed by atoms with E-state index >= 15 is 0 Å². The van der Waals surface area contributed by atoms with Crippen LogP contribution in [0.15, 0.2) is 59.1 Å². The molecule has 0 saturated heterocycles. The SMILES string of the molecule is COc1cc(-c2nc3ccc(OCCN(C)C)cc3n2Cc2ccccc2Br)cc(OC)c1OC. The van der Waals surface area contributed by atoms with Gasteiger partial charge in [0.2, 0.25) is 5.75 Å². The molecule has 0 amide bonds. The molecule has 35 heavy (non-hydrogen) atoms. The highest BCUT2D eigenvalue weighted by molar-refractivity contribution is 9.10. The fourth-order valence-electron chi connectivity index (χ4n) is 3.93. The molecule has 0 atom stereocenters. The minimum absolute atomic E-state index is 0.545. The molecule has 0 radical (unpaired) electrons. The molecule has 4 rings (SSSR count). The van der Waals surface area contributed by atoms with Crippen LogP contribution < -0.4 is 18.9 Å². The van der Waals surface area contributed by atoms with Crippen LogP contribution in [0.5, 0.6) is 23.0 Å². The first-order chi connectivity index (χ1) is 16.9. The maximum Gasteiger partial charge on any atom is 0.203 e. The van der Waals surface area contributed by atoms with Gasteiger partial charge in [-0.3, -0.25) is 0 Å². The average Bonchev–Trinajstić information content (AvgIpc) is 3.21. The van der Waals surface area contributed by atoms with Gasteiger partial charge in [-0.2, -0.15) is 0 Å². The molecule has 1 heterocycles. The number of likely N-dealkylation sites (N-methyl/N-ethyl adjacent to an activating group) is 1. The molecule has 7 nitrogen and oxygen atoms in total. The Labute approximate surface area is 214 Å². The highest BCUT2D eigenvalue weighted by Crippen LogP contribution is 2.42. The van der Waals surface area contributed by atoms with E-state index < -0.39 is 0 Å². The van der Waals surface area contributed by atoms with E-state index in [1.807, 2.05) is 56.6 Å². The highest BCUT2D eigenvalue weighted by Gasteiger charge is 2.20. The second kappa shape index (κ2) is 11.0. The number of halogens is 1. The lowest BCUT2D eigenvalue weighted by Gasteiger charge is -2.16. The smallest absolute Gasteiger partial charge is 0.203 e. The molecule has 0 aliphatic heterocycles. The second-order valence-electron chi connectivity index (χ2n) is 8.33. The van der Waals surface area contributed by atoms with Crippen LogP contribution in [0, 0.1) is 0 Å². The first-order valence-corrected chi connectivity index (χ1v) is 12.1. The van der Waals surface area contributed by atoms with Gasteiger partial charge in [0.15, 0.2) is 11.5 Å². The predicted molar refractivity (Wildman–Crippen MR) is 142 cm³/mol. The number of fused-ring (bicyclic) bond motifs is 1. The van der Waals surface area contributed by atoms with Gasteiger partial charge in [-0.25, -0.2) is 4.98 Å². The molecule has 0 spiro atoms. The summed E-state index contributed by atoms with van der Waals surface area (Å²) in [5.41, 5.74) is 3.85. The number of benzene rings is 3.